The highest BCUT2D eigenvalue weighted by Crippen LogP contribution is 2.45. The van der Waals surface area contributed by atoms with Gasteiger partial charge in [-0.05, 0) is 125 Å². The maximum Gasteiger partial charge on any atom is 0.0541 e. The summed E-state index contributed by atoms with van der Waals surface area (Å²) >= 11 is 0. The highest BCUT2D eigenvalue weighted by molar-refractivity contribution is 6.21. The zero-order valence-electron chi connectivity index (χ0n) is 30.5. The number of aromatic nitrogens is 2. The zero-order chi connectivity index (χ0) is 35.9. The average Bonchev–Trinajstić information content (AvgIpc) is 3.73. The Morgan fingerprint density at radius 3 is 1.41 bits per heavy atom. The van der Waals surface area contributed by atoms with Crippen LogP contribution in [0.2, 0.25) is 0 Å². The molecule has 0 saturated heterocycles. The Bertz CT molecular complexity index is 3100. The molecule has 2 aromatic heterocycles. The maximum atomic E-state index is 2.44. The minimum absolute atomic E-state index is 1.09. The van der Waals surface area contributed by atoms with E-state index in [1.165, 1.54) is 110 Å². The Hall–Kier alpha value is -6.64. The van der Waals surface area contributed by atoms with Gasteiger partial charge in [-0.15, -0.1) is 0 Å². The summed E-state index contributed by atoms with van der Waals surface area (Å²) < 4.78 is 4.84. The molecule has 0 amide bonds. The van der Waals surface area contributed by atoms with Gasteiger partial charge in [0.05, 0.1) is 16.6 Å². The number of hydrogen-bond donors (Lipinski definition) is 0. The number of para-hydroxylation sites is 3. The molecule has 10 aromatic rings. The zero-order valence-corrected chi connectivity index (χ0v) is 30.5. The molecule has 0 bridgehead atoms. The van der Waals surface area contributed by atoms with Gasteiger partial charge in [0, 0.05) is 33.2 Å². The Balaban J connectivity index is 1.09. The monoisotopic (exact) mass is 690 g/mol. The standard InChI is InChI=1S/C52H38N2/c1-33-19-29-43-45(31-33)51(35-21-25-37(26-22-35)53-47-15-7-3-11-39(47)40-12-4-8-16-48(40)53)44-30-20-34(2)32-46(44)52(43)36-23-27-38(28-24-36)54-49-17-9-5-13-41(49)42-14-6-10-18-50(42)54/h3-5,7-13,15-32H,6,14H2,1-2H3. The van der Waals surface area contributed by atoms with Crippen LogP contribution >= 0.6 is 0 Å². The van der Waals surface area contributed by atoms with Crippen LogP contribution in [0.4, 0.5) is 0 Å². The average molecular weight is 691 g/mol. The lowest BCUT2D eigenvalue weighted by Crippen LogP contribution is -2.00. The van der Waals surface area contributed by atoms with Gasteiger partial charge in [0.1, 0.15) is 0 Å². The van der Waals surface area contributed by atoms with Crippen molar-refractivity contribution in [2.75, 3.05) is 0 Å². The first-order chi connectivity index (χ1) is 26.6. The lowest BCUT2D eigenvalue weighted by molar-refractivity contribution is 0.967. The van der Waals surface area contributed by atoms with Crippen molar-refractivity contribution >= 4 is 60.3 Å². The van der Waals surface area contributed by atoms with E-state index in [9.17, 15) is 0 Å². The first-order valence-corrected chi connectivity index (χ1v) is 19.1. The van der Waals surface area contributed by atoms with Gasteiger partial charge in [0.25, 0.3) is 0 Å². The summed E-state index contributed by atoms with van der Waals surface area (Å²) in [6.45, 7) is 4.42. The summed E-state index contributed by atoms with van der Waals surface area (Å²) in [6.07, 6.45) is 6.81. The molecule has 8 aromatic carbocycles. The number of nitrogens with zero attached hydrogens (tertiary/aromatic N) is 2. The molecule has 54 heavy (non-hydrogen) atoms. The smallest absolute Gasteiger partial charge is 0.0541 e. The van der Waals surface area contributed by atoms with Gasteiger partial charge in [-0.25, -0.2) is 0 Å². The van der Waals surface area contributed by atoms with Gasteiger partial charge >= 0.3 is 0 Å². The molecule has 0 N–H and O–H groups in total. The Morgan fingerprint density at radius 2 is 0.870 bits per heavy atom. The Morgan fingerprint density at radius 1 is 0.407 bits per heavy atom. The van der Waals surface area contributed by atoms with Crippen LogP contribution in [0.5, 0.6) is 0 Å². The van der Waals surface area contributed by atoms with Crippen LogP contribution in [-0.4, -0.2) is 9.13 Å². The van der Waals surface area contributed by atoms with Crippen molar-refractivity contribution in [2.24, 2.45) is 0 Å². The molecule has 256 valence electrons. The van der Waals surface area contributed by atoms with E-state index >= 15 is 0 Å². The van der Waals surface area contributed by atoms with E-state index in [0.29, 0.717) is 0 Å². The highest BCUT2D eigenvalue weighted by atomic mass is 15.0. The molecule has 11 rings (SSSR count). The summed E-state index contributed by atoms with van der Waals surface area (Å²) in [5.41, 5.74) is 16.4. The van der Waals surface area contributed by atoms with Crippen LogP contribution in [0.3, 0.4) is 0 Å². The SMILES string of the molecule is Cc1ccc2c(-c3ccc(-n4c5ccccc5c5ccccc54)cc3)c3cc(C)ccc3c(-c3ccc(-n4c5c(c6ccccc64)CCC=C5)cc3)c2c1. The number of benzene rings is 8. The summed E-state index contributed by atoms with van der Waals surface area (Å²) in [6, 6.07) is 58.8. The second kappa shape index (κ2) is 11.9. The van der Waals surface area contributed by atoms with E-state index in [1.807, 2.05) is 0 Å². The third kappa shape index (κ3) is 4.60. The van der Waals surface area contributed by atoms with E-state index in [2.05, 4.69) is 193 Å². The van der Waals surface area contributed by atoms with Crippen molar-refractivity contribution in [3.63, 3.8) is 0 Å². The van der Waals surface area contributed by atoms with Gasteiger partial charge in [0.2, 0.25) is 0 Å². The fourth-order valence-electron chi connectivity index (χ4n) is 9.30. The molecule has 0 radical (unpaired) electrons. The van der Waals surface area contributed by atoms with Crippen molar-refractivity contribution in [3.05, 3.63) is 186 Å². The van der Waals surface area contributed by atoms with Gasteiger partial charge in [-0.2, -0.15) is 0 Å². The molecule has 2 heterocycles. The van der Waals surface area contributed by atoms with Crippen molar-refractivity contribution in [1.82, 2.24) is 9.13 Å². The second-order valence-corrected chi connectivity index (χ2v) is 15.0. The van der Waals surface area contributed by atoms with Crippen LogP contribution in [0.1, 0.15) is 28.8 Å². The molecule has 2 heteroatoms. The van der Waals surface area contributed by atoms with Crippen molar-refractivity contribution in [3.8, 4) is 33.6 Å². The van der Waals surface area contributed by atoms with Crippen molar-refractivity contribution in [2.45, 2.75) is 26.7 Å². The normalized spacial score (nSPS) is 12.8. The van der Waals surface area contributed by atoms with E-state index in [-0.39, 0.29) is 0 Å². The first-order valence-electron chi connectivity index (χ1n) is 19.1. The largest absolute Gasteiger partial charge is 0.310 e. The molecule has 0 atom stereocenters. The second-order valence-electron chi connectivity index (χ2n) is 15.0. The quantitative estimate of drug-likeness (QED) is 0.163. The highest BCUT2D eigenvalue weighted by Gasteiger charge is 2.21. The molecule has 1 aliphatic rings. The number of allylic oxidation sites excluding steroid dienone is 1. The number of fused-ring (bicyclic) bond motifs is 8. The molecule has 0 aliphatic heterocycles. The Labute approximate surface area is 314 Å². The fraction of sp³-hybridized carbons (Fsp3) is 0.0769. The summed E-state index contributed by atoms with van der Waals surface area (Å²) in [5.74, 6) is 0. The molecule has 0 spiro atoms. The van der Waals surface area contributed by atoms with E-state index in [1.54, 1.807) is 0 Å². The molecule has 1 aliphatic carbocycles. The minimum Gasteiger partial charge on any atom is -0.310 e. The summed E-state index contributed by atoms with van der Waals surface area (Å²) in [4.78, 5) is 0. The van der Waals surface area contributed by atoms with Crippen LogP contribution in [-0.2, 0) is 6.42 Å². The van der Waals surface area contributed by atoms with Gasteiger partial charge in [-0.3, -0.25) is 0 Å². The van der Waals surface area contributed by atoms with E-state index in [0.717, 1.165) is 12.8 Å². The molecule has 0 unspecified atom stereocenters. The lowest BCUT2D eigenvalue weighted by atomic mass is 9.85. The maximum absolute atomic E-state index is 2.44. The molecular formula is C52H38N2. The van der Waals surface area contributed by atoms with Crippen LogP contribution in [0.25, 0.3) is 94.0 Å². The van der Waals surface area contributed by atoms with Gasteiger partial charge in [-0.1, -0.05) is 132 Å². The summed E-state index contributed by atoms with van der Waals surface area (Å²) in [7, 11) is 0. The predicted octanol–water partition coefficient (Wildman–Crippen LogP) is 13.9. The predicted molar refractivity (Wildman–Crippen MR) is 230 cm³/mol. The molecule has 0 saturated carbocycles. The van der Waals surface area contributed by atoms with Crippen molar-refractivity contribution in [1.29, 1.82) is 0 Å². The lowest BCUT2D eigenvalue weighted by Gasteiger charge is -2.19. The topological polar surface area (TPSA) is 9.86 Å². The molecule has 0 fully saturated rings. The van der Waals surface area contributed by atoms with Crippen LogP contribution in [0.15, 0.2) is 164 Å². The third-order valence-corrected chi connectivity index (χ3v) is 11.7. The fourth-order valence-corrected chi connectivity index (χ4v) is 9.30. The summed E-state index contributed by atoms with van der Waals surface area (Å²) in [5, 5.41) is 9.04. The Kier molecular flexibility index (Phi) is 6.84. The van der Waals surface area contributed by atoms with E-state index in [4.69, 9.17) is 0 Å². The molecule has 2 nitrogen and oxygen atoms in total. The van der Waals surface area contributed by atoms with Gasteiger partial charge in [0.15, 0.2) is 0 Å². The third-order valence-electron chi connectivity index (χ3n) is 11.7. The number of aryl methyl sites for hydroxylation is 3. The van der Waals surface area contributed by atoms with Crippen LogP contribution < -0.4 is 0 Å². The minimum atomic E-state index is 1.09. The van der Waals surface area contributed by atoms with Crippen molar-refractivity contribution < 1.29 is 0 Å². The first kappa shape index (κ1) is 30.9. The number of hydrogen-bond acceptors (Lipinski definition) is 0. The van der Waals surface area contributed by atoms with Gasteiger partial charge < -0.3 is 9.13 Å². The van der Waals surface area contributed by atoms with E-state index < -0.39 is 0 Å². The van der Waals surface area contributed by atoms with Crippen LogP contribution in [0, 0.1) is 13.8 Å². The number of rotatable bonds is 4. The molecular weight excluding hydrogens is 653 g/mol.